The summed E-state index contributed by atoms with van der Waals surface area (Å²) in [5, 5.41) is 22.2. The van der Waals surface area contributed by atoms with Crippen LogP contribution in [0.3, 0.4) is 0 Å². The molecule has 0 saturated carbocycles. The SMILES string of the molecule is COCc1nnc(CCNc2c(C=N)nc(NCc3ccc(Cl)c(Cl)c3)[nH]c2=O)o1. The fraction of sp³-hybridized carbons (Fsp3) is 0.278. The number of ether oxygens (including phenoxy) is 1. The molecule has 4 N–H and O–H groups in total. The van der Waals surface area contributed by atoms with Crippen LogP contribution >= 0.6 is 23.2 Å². The van der Waals surface area contributed by atoms with Crippen LogP contribution < -0.4 is 16.2 Å². The number of hydrogen-bond acceptors (Lipinski definition) is 9. The van der Waals surface area contributed by atoms with Crippen LogP contribution in [0.15, 0.2) is 27.4 Å². The van der Waals surface area contributed by atoms with Gasteiger partial charge in [0, 0.05) is 32.8 Å². The maximum atomic E-state index is 12.5. The molecule has 0 atom stereocenters. The minimum atomic E-state index is -0.411. The third-order valence-corrected chi connectivity index (χ3v) is 4.68. The first-order valence-corrected chi connectivity index (χ1v) is 9.62. The fourth-order valence-electron chi connectivity index (χ4n) is 2.55. The molecule has 2 aromatic heterocycles. The highest BCUT2D eigenvalue weighted by molar-refractivity contribution is 6.42. The number of aromatic nitrogens is 4. The first kappa shape index (κ1) is 21.8. The number of aromatic amines is 1. The molecule has 30 heavy (non-hydrogen) atoms. The van der Waals surface area contributed by atoms with Crippen LogP contribution in [0.2, 0.25) is 10.0 Å². The third kappa shape index (κ3) is 5.56. The van der Waals surface area contributed by atoms with Crippen molar-refractivity contribution < 1.29 is 9.15 Å². The number of rotatable bonds is 10. The lowest BCUT2D eigenvalue weighted by Gasteiger charge is -2.10. The van der Waals surface area contributed by atoms with Crippen LogP contribution in [-0.4, -0.2) is 40.0 Å². The van der Waals surface area contributed by atoms with Gasteiger partial charge in [-0.1, -0.05) is 29.3 Å². The summed E-state index contributed by atoms with van der Waals surface area (Å²) in [6.45, 7) is 0.944. The van der Waals surface area contributed by atoms with Gasteiger partial charge >= 0.3 is 0 Å². The molecule has 3 aromatic rings. The molecule has 12 heteroatoms. The summed E-state index contributed by atoms with van der Waals surface area (Å²) in [7, 11) is 1.53. The van der Waals surface area contributed by atoms with Gasteiger partial charge in [-0.15, -0.1) is 10.2 Å². The fourth-order valence-corrected chi connectivity index (χ4v) is 2.87. The molecule has 0 aliphatic carbocycles. The van der Waals surface area contributed by atoms with Gasteiger partial charge in [0.1, 0.15) is 18.0 Å². The van der Waals surface area contributed by atoms with Crippen molar-refractivity contribution in [1.29, 1.82) is 5.41 Å². The van der Waals surface area contributed by atoms with Crippen molar-refractivity contribution in [3.8, 4) is 0 Å². The van der Waals surface area contributed by atoms with Gasteiger partial charge in [0.2, 0.25) is 17.7 Å². The van der Waals surface area contributed by atoms with Crippen LogP contribution in [0.5, 0.6) is 0 Å². The Morgan fingerprint density at radius 2 is 2.03 bits per heavy atom. The van der Waals surface area contributed by atoms with Gasteiger partial charge in [-0.2, -0.15) is 0 Å². The Labute approximate surface area is 181 Å². The second-order valence-corrected chi connectivity index (χ2v) is 6.93. The normalized spacial score (nSPS) is 10.8. The van der Waals surface area contributed by atoms with Gasteiger partial charge in [-0.3, -0.25) is 9.78 Å². The lowest BCUT2D eigenvalue weighted by atomic mass is 10.2. The number of hydrogen-bond donors (Lipinski definition) is 4. The van der Waals surface area contributed by atoms with Crippen LogP contribution in [0.25, 0.3) is 0 Å². The van der Waals surface area contributed by atoms with E-state index in [2.05, 4.69) is 30.8 Å². The minimum Gasteiger partial charge on any atom is -0.423 e. The Balaban J connectivity index is 1.63. The van der Waals surface area contributed by atoms with E-state index in [1.165, 1.54) is 7.11 Å². The number of methoxy groups -OCH3 is 1. The van der Waals surface area contributed by atoms with E-state index in [0.29, 0.717) is 41.3 Å². The Bertz CT molecular complexity index is 1080. The molecular formula is C18H19Cl2N7O3. The smallest absolute Gasteiger partial charge is 0.276 e. The summed E-state index contributed by atoms with van der Waals surface area (Å²) in [4.78, 5) is 19.4. The molecule has 0 bridgehead atoms. The highest BCUT2D eigenvalue weighted by Crippen LogP contribution is 2.22. The van der Waals surface area contributed by atoms with E-state index in [0.717, 1.165) is 11.8 Å². The van der Waals surface area contributed by atoms with Gasteiger partial charge in [0.15, 0.2) is 0 Å². The second kappa shape index (κ2) is 10.2. The average molecular weight is 452 g/mol. The highest BCUT2D eigenvalue weighted by Gasteiger charge is 2.11. The minimum absolute atomic E-state index is 0.182. The molecule has 0 aliphatic rings. The summed E-state index contributed by atoms with van der Waals surface area (Å²) in [6, 6.07) is 5.22. The molecule has 0 fully saturated rings. The van der Waals surface area contributed by atoms with Crippen molar-refractivity contribution in [1.82, 2.24) is 20.2 Å². The average Bonchev–Trinajstić information content (AvgIpc) is 3.17. The van der Waals surface area contributed by atoms with Crippen molar-refractivity contribution in [2.24, 2.45) is 0 Å². The quantitative estimate of drug-likeness (QED) is 0.344. The number of nitrogens with one attached hydrogen (secondary N) is 4. The largest absolute Gasteiger partial charge is 0.423 e. The molecule has 2 heterocycles. The van der Waals surface area contributed by atoms with E-state index >= 15 is 0 Å². The molecule has 0 saturated heterocycles. The van der Waals surface area contributed by atoms with E-state index in [9.17, 15) is 4.79 Å². The Hall–Kier alpha value is -2.95. The van der Waals surface area contributed by atoms with Crippen molar-refractivity contribution >= 4 is 41.1 Å². The molecule has 0 amide bonds. The molecule has 1 aromatic carbocycles. The second-order valence-electron chi connectivity index (χ2n) is 6.12. The molecule has 0 unspecified atom stereocenters. The first-order valence-electron chi connectivity index (χ1n) is 8.86. The number of H-pyrrole nitrogens is 1. The van der Waals surface area contributed by atoms with Gasteiger partial charge in [0.05, 0.1) is 10.0 Å². The van der Waals surface area contributed by atoms with Crippen molar-refractivity contribution in [2.45, 2.75) is 19.6 Å². The van der Waals surface area contributed by atoms with Gasteiger partial charge in [0.25, 0.3) is 5.56 Å². The van der Waals surface area contributed by atoms with Crippen LogP contribution in [0.4, 0.5) is 11.6 Å². The van der Waals surface area contributed by atoms with Crippen LogP contribution in [-0.2, 0) is 24.3 Å². The summed E-state index contributed by atoms with van der Waals surface area (Å²) < 4.78 is 10.3. The molecule has 0 spiro atoms. The van der Waals surface area contributed by atoms with Crippen LogP contribution in [0, 0.1) is 5.41 Å². The lowest BCUT2D eigenvalue weighted by Crippen LogP contribution is -2.21. The number of anilines is 2. The number of nitrogens with zero attached hydrogens (tertiary/aromatic N) is 3. The van der Waals surface area contributed by atoms with Crippen molar-refractivity contribution in [3.63, 3.8) is 0 Å². The van der Waals surface area contributed by atoms with E-state index < -0.39 is 5.56 Å². The van der Waals surface area contributed by atoms with Gasteiger partial charge in [-0.05, 0) is 17.7 Å². The molecule has 3 rings (SSSR count). The van der Waals surface area contributed by atoms with Crippen LogP contribution in [0.1, 0.15) is 23.0 Å². The highest BCUT2D eigenvalue weighted by atomic mass is 35.5. The summed E-state index contributed by atoms with van der Waals surface area (Å²) >= 11 is 11.9. The van der Waals surface area contributed by atoms with Crippen molar-refractivity contribution in [3.05, 3.63) is 61.6 Å². The zero-order chi connectivity index (χ0) is 21.5. The predicted octanol–water partition coefficient (Wildman–Crippen LogP) is 2.87. The molecule has 0 radical (unpaired) electrons. The van der Waals surface area contributed by atoms with E-state index in [1.54, 1.807) is 12.1 Å². The molecular weight excluding hydrogens is 433 g/mol. The zero-order valence-electron chi connectivity index (χ0n) is 16.0. The Kier molecular flexibility index (Phi) is 7.39. The van der Waals surface area contributed by atoms with E-state index in [4.69, 9.17) is 37.8 Å². The van der Waals surface area contributed by atoms with Gasteiger partial charge in [-0.25, -0.2) is 4.98 Å². The van der Waals surface area contributed by atoms with Crippen molar-refractivity contribution in [2.75, 3.05) is 24.3 Å². The molecule has 10 nitrogen and oxygen atoms in total. The topological polar surface area (TPSA) is 142 Å². The Morgan fingerprint density at radius 1 is 1.23 bits per heavy atom. The van der Waals surface area contributed by atoms with Gasteiger partial charge < -0.3 is 25.2 Å². The maximum absolute atomic E-state index is 12.5. The molecule has 0 aliphatic heterocycles. The van der Waals surface area contributed by atoms with E-state index in [1.807, 2.05) is 6.07 Å². The van der Waals surface area contributed by atoms with E-state index in [-0.39, 0.29) is 23.9 Å². The Morgan fingerprint density at radius 3 is 2.77 bits per heavy atom. The maximum Gasteiger partial charge on any atom is 0.276 e. The number of benzene rings is 1. The first-order chi connectivity index (χ1) is 14.5. The summed E-state index contributed by atoms with van der Waals surface area (Å²) in [5.41, 5.74) is 0.825. The predicted molar refractivity (Wildman–Crippen MR) is 114 cm³/mol. The third-order valence-electron chi connectivity index (χ3n) is 3.95. The standard InChI is InChI=1S/C18H19Cl2N7O3/c1-29-9-15-27-26-14(30-15)4-5-22-16-13(7-21)24-18(25-17(16)28)23-8-10-2-3-11(19)12(20)6-10/h2-3,6-7,21-22H,4-5,8-9H2,1H3,(H2,23,24,25,28). The zero-order valence-corrected chi connectivity index (χ0v) is 17.5. The lowest BCUT2D eigenvalue weighted by molar-refractivity contribution is 0.158. The summed E-state index contributed by atoms with van der Waals surface area (Å²) in [6.07, 6.45) is 1.40. The number of halogens is 2. The monoisotopic (exact) mass is 451 g/mol. The summed E-state index contributed by atoms with van der Waals surface area (Å²) in [5.74, 6) is 1.02. The molecule has 158 valence electrons.